The van der Waals surface area contributed by atoms with Gasteiger partial charge in [-0.3, -0.25) is 0 Å². The second-order valence-corrected chi connectivity index (χ2v) is 12.5. The average Bonchev–Trinajstić information content (AvgIpc) is 2.97. The first-order chi connectivity index (χ1) is 20.3. The monoisotopic (exact) mass is 741 g/mol. The second-order valence-electron chi connectivity index (χ2n) is 9.78. The first kappa shape index (κ1) is 26.8. The van der Waals surface area contributed by atoms with Crippen LogP contribution in [-0.4, -0.2) is 30.3 Å². The first-order valence-electron chi connectivity index (χ1n) is 12.8. The highest BCUT2D eigenvalue weighted by Crippen LogP contribution is 2.42. The maximum atomic E-state index is 11.1. The molecule has 7 rings (SSSR count). The van der Waals surface area contributed by atoms with Crippen LogP contribution < -0.4 is 0 Å². The normalized spacial score (nSPS) is 11.5. The van der Waals surface area contributed by atoms with Crippen LogP contribution in [0.2, 0.25) is 0 Å². The Bertz CT molecular complexity index is 1980. The zero-order valence-electron chi connectivity index (χ0n) is 21.5. The minimum atomic E-state index is -0.00920. The molecule has 0 radical (unpaired) electrons. The molecule has 6 nitrogen and oxygen atoms in total. The van der Waals surface area contributed by atoms with Crippen molar-refractivity contribution in [1.82, 2.24) is 15.0 Å². The summed E-state index contributed by atoms with van der Waals surface area (Å²) < 4.78 is 2.67. The van der Waals surface area contributed by atoms with E-state index in [2.05, 4.69) is 47.8 Å². The van der Waals surface area contributed by atoms with Crippen molar-refractivity contribution in [2.75, 3.05) is 0 Å². The van der Waals surface area contributed by atoms with E-state index in [1.54, 1.807) is 18.2 Å². The maximum Gasteiger partial charge on any atom is 0.168 e. The minimum Gasteiger partial charge on any atom is -0.507 e. The van der Waals surface area contributed by atoms with Gasteiger partial charge in [-0.2, -0.15) is 0 Å². The minimum absolute atomic E-state index is 0.00920. The van der Waals surface area contributed by atoms with Gasteiger partial charge in [0.1, 0.15) is 17.2 Å². The molecule has 6 aromatic carbocycles. The molecule has 0 spiro atoms. The van der Waals surface area contributed by atoms with Crippen LogP contribution in [0.1, 0.15) is 0 Å². The summed E-state index contributed by atoms with van der Waals surface area (Å²) in [5.74, 6) is 0.563. The molecule has 0 amide bonds. The molecular weight excluding hydrogens is 726 g/mol. The molecule has 42 heavy (non-hydrogen) atoms. The average molecular weight is 744 g/mol. The molecule has 7 aromatic rings. The van der Waals surface area contributed by atoms with E-state index < -0.39 is 0 Å². The first-order valence-corrected chi connectivity index (χ1v) is 15.2. The van der Waals surface area contributed by atoms with E-state index in [4.69, 9.17) is 15.0 Å². The van der Waals surface area contributed by atoms with Gasteiger partial charge in [0.2, 0.25) is 0 Å². The predicted molar refractivity (Wildman–Crippen MR) is 177 cm³/mol. The number of benzene rings is 6. The van der Waals surface area contributed by atoms with E-state index in [0.29, 0.717) is 16.7 Å². The zero-order valence-corrected chi connectivity index (χ0v) is 26.2. The smallest absolute Gasteiger partial charge is 0.168 e. The molecule has 1 aromatic heterocycles. The van der Waals surface area contributed by atoms with E-state index in [1.807, 2.05) is 72.8 Å². The Morgan fingerprint density at radius 3 is 0.952 bits per heavy atom. The Labute approximate surface area is 264 Å². The zero-order chi connectivity index (χ0) is 29.1. The molecule has 0 fully saturated rings. The Kier molecular flexibility index (Phi) is 6.61. The molecule has 0 saturated heterocycles. The summed E-state index contributed by atoms with van der Waals surface area (Å²) in [6.07, 6.45) is 0. The standard InChI is InChI=1S/C33H18Br3N3O3/c34-19-4-7-22-16(13-19)1-10-25(40)28(22)31-37-32(29-23-8-5-20(35)14-17(23)2-11-26(29)41)39-33(38-31)30-24-9-6-21(36)15-18(24)3-12-27(30)42/h1-15,40-42H. The number of nitrogens with zero attached hydrogens (tertiary/aromatic N) is 3. The third-order valence-electron chi connectivity index (χ3n) is 7.19. The lowest BCUT2D eigenvalue weighted by atomic mass is 10.0. The Hall–Kier alpha value is -4.05. The molecule has 204 valence electrons. The summed E-state index contributed by atoms with van der Waals surface area (Å²) in [6.45, 7) is 0. The highest BCUT2D eigenvalue weighted by Gasteiger charge is 2.22. The lowest BCUT2D eigenvalue weighted by molar-refractivity contribution is 0.477. The van der Waals surface area contributed by atoms with Crippen LogP contribution in [-0.2, 0) is 0 Å². The van der Waals surface area contributed by atoms with Crippen LogP contribution in [0.5, 0.6) is 17.2 Å². The summed E-state index contributed by atoms with van der Waals surface area (Å²) in [5.41, 5.74) is 1.24. The Morgan fingerprint density at radius 1 is 0.381 bits per heavy atom. The second kappa shape index (κ2) is 10.3. The molecule has 0 aliphatic carbocycles. The van der Waals surface area contributed by atoms with Crippen molar-refractivity contribution in [1.29, 1.82) is 0 Å². The van der Waals surface area contributed by atoms with Gasteiger partial charge in [0.25, 0.3) is 0 Å². The number of halogens is 3. The van der Waals surface area contributed by atoms with Crippen LogP contribution in [0.4, 0.5) is 0 Å². The maximum absolute atomic E-state index is 11.1. The predicted octanol–water partition coefficient (Wildman–Crippen LogP) is 9.74. The number of aromatic nitrogens is 3. The molecule has 1 heterocycles. The van der Waals surface area contributed by atoms with Crippen LogP contribution >= 0.6 is 47.8 Å². The number of phenols is 3. The third-order valence-corrected chi connectivity index (χ3v) is 8.67. The highest BCUT2D eigenvalue weighted by molar-refractivity contribution is 9.11. The highest BCUT2D eigenvalue weighted by atomic mass is 79.9. The Morgan fingerprint density at radius 2 is 0.667 bits per heavy atom. The molecule has 0 atom stereocenters. The fourth-order valence-corrected chi connectivity index (χ4v) is 6.42. The molecule has 0 aliphatic rings. The summed E-state index contributed by atoms with van der Waals surface area (Å²) in [6, 6.07) is 27.4. The topological polar surface area (TPSA) is 99.4 Å². The lowest BCUT2D eigenvalue weighted by Gasteiger charge is -2.15. The van der Waals surface area contributed by atoms with E-state index in [9.17, 15) is 15.3 Å². The van der Waals surface area contributed by atoms with Crippen molar-refractivity contribution in [3.05, 3.63) is 104 Å². The van der Waals surface area contributed by atoms with Crippen molar-refractivity contribution in [2.24, 2.45) is 0 Å². The van der Waals surface area contributed by atoms with Gasteiger partial charge in [-0.05, 0) is 86.9 Å². The van der Waals surface area contributed by atoms with Crippen LogP contribution in [0, 0.1) is 0 Å². The van der Waals surface area contributed by atoms with Crippen molar-refractivity contribution < 1.29 is 15.3 Å². The summed E-state index contributed by atoms with van der Waals surface area (Å²) >= 11 is 10.6. The summed E-state index contributed by atoms with van der Waals surface area (Å²) in [5, 5.41) is 38.3. The number of hydrogen-bond donors (Lipinski definition) is 3. The van der Waals surface area contributed by atoms with E-state index >= 15 is 0 Å². The molecule has 0 bridgehead atoms. The van der Waals surface area contributed by atoms with E-state index in [0.717, 1.165) is 45.7 Å². The van der Waals surface area contributed by atoms with Crippen molar-refractivity contribution in [3.63, 3.8) is 0 Å². The van der Waals surface area contributed by atoms with Gasteiger partial charge in [0, 0.05) is 13.4 Å². The van der Waals surface area contributed by atoms with E-state index in [1.165, 1.54) is 0 Å². The van der Waals surface area contributed by atoms with Gasteiger partial charge >= 0.3 is 0 Å². The molecule has 0 saturated carbocycles. The van der Waals surface area contributed by atoms with Crippen molar-refractivity contribution in [3.8, 4) is 51.4 Å². The van der Waals surface area contributed by atoms with Gasteiger partial charge in [0.05, 0.1) is 16.7 Å². The SMILES string of the molecule is Oc1ccc2cc(Br)ccc2c1-c1nc(-c2c(O)ccc3cc(Br)ccc23)nc(-c2c(O)ccc3cc(Br)ccc23)n1. The Balaban J connectivity index is 1.61. The van der Waals surface area contributed by atoms with Crippen LogP contribution in [0.15, 0.2) is 104 Å². The molecule has 0 aliphatic heterocycles. The number of phenolic OH excluding ortho intramolecular Hbond substituents is 3. The summed E-state index contributed by atoms with van der Waals surface area (Å²) in [4.78, 5) is 14.5. The number of rotatable bonds is 3. The number of fused-ring (bicyclic) bond motifs is 3. The van der Waals surface area contributed by atoms with Gasteiger partial charge in [0.15, 0.2) is 17.5 Å². The molecular formula is C33H18Br3N3O3. The molecule has 9 heteroatoms. The van der Waals surface area contributed by atoms with Gasteiger partial charge in [-0.1, -0.05) is 84.2 Å². The third kappa shape index (κ3) is 4.58. The van der Waals surface area contributed by atoms with Crippen LogP contribution in [0.25, 0.3) is 66.5 Å². The molecule has 0 unspecified atom stereocenters. The summed E-state index contributed by atoms with van der Waals surface area (Å²) in [7, 11) is 0. The number of hydrogen-bond acceptors (Lipinski definition) is 6. The van der Waals surface area contributed by atoms with Gasteiger partial charge < -0.3 is 15.3 Å². The quantitative estimate of drug-likeness (QED) is 0.167. The van der Waals surface area contributed by atoms with E-state index in [-0.39, 0.29) is 34.7 Å². The lowest BCUT2D eigenvalue weighted by Crippen LogP contribution is -2.02. The largest absolute Gasteiger partial charge is 0.507 e. The fourth-order valence-electron chi connectivity index (χ4n) is 5.28. The van der Waals surface area contributed by atoms with Crippen molar-refractivity contribution in [2.45, 2.75) is 0 Å². The fraction of sp³-hybridized carbons (Fsp3) is 0. The van der Waals surface area contributed by atoms with Gasteiger partial charge in [-0.25, -0.2) is 15.0 Å². The van der Waals surface area contributed by atoms with Crippen LogP contribution in [0.3, 0.4) is 0 Å². The van der Waals surface area contributed by atoms with Crippen molar-refractivity contribution >= 4 is 80.1 Å². The van der Waals surface area contributed by atoms with Gasteiger partial charge in [-0.15, -0.1) is 0 Å². The molecule has 3 N–H and O–H groups in total. The number of aromatic hydroxyl groups is 3.